The summed E-state index contributed by atoms with van der Waals surface area (Å²) in [6.07, 6.45) is 1.93. The number of thiazole rings is 1. The largest absolute Gasteiger partial charge is 0.462 e. The van der Waals surface area contributed by atoms with Gasteiger partial charge in [-0.25, -0.2) is 14.2 Å². The van der Waals surface area contributed by atoms with Gasteiger partial charge in [-0.05, 0) is 74.9 Å². The number of nitrogens with zero attached hydrogens (tertiary/aromatic N) is 3. The van der Waals surface area contributed by atoms with E-state index in [1.54, 1.807) is 23.5 Å². The van der Waals surface area contributed by atoms with Crippen LogP contribution in [0.1, 0.15) is 34.2 Å². The molecule has 0 amide bonds. The Kier molecular flexibility index (Phi) is 4.90. The molecule has 0 unspecified atom stereocenters. The molecule has 0 radical (unpaired) electrons. The third-order valence-corrected chi connectivity index (χ3v) is 6.51. The van der Waals surface area contributed by atoms with Gasteiger partial charge >= 0.3 is 5.97 Å². The molecule has 0 aliphatic rings. The standard InChI is InChI=1S/C25H21N3O3S/c1-4-31-24(30)17-9-11-19(12-10-17)27-15(2)13-18(16(27)3)14-22-23(29)28-21-8-6-5-7-20(21)26-25(28)32-22/h5-14H,4H2,1-3H3/b22-14-. The monoisotopic (exact) mass is 443 g/mol. The Morgan fingerprint density at radius 2 is 1.88 bits per heavy atom. The first-order valence-corrected chi connectivity index (χ1v) is 11.2. The number of carbonyl (C=O) groups excluding carboxylic acids is 1. The Morgan fingerprint density at radius 1 is 1.12 bits per heavy atom. The molecular formula is C25H21N3O3S. The van der Waals surface area contributed by atoms with E-state index in [9.17, 15) is 9.59 Å². The van der Waals surface area contributed by atoms with E-state index in [2.05, 4.69) is 15.6 Å². The van der Waals surface area contributed by atoms with Crippen molar-refractivity contribution < 1.29 is 9.53 Å². The lowest BCUT2D eigenvalue weighted by atomic mass is 10.2. The molecule has 0 aliphatic carbocycles. The van der Waals surface area contributed by atoms with Gasteiger partial charge in [-0.1, -0.05) is 23.5 Å². The Bertz CT molecular complexity index is 1590. The molecule has 0 saturated heterocycles. The number of aryl methyl sites for hydroxylation is 1. The lowest BCUT2D eigenvalue weighted by Crippen LogP contribution is -2.22. The number of para-hydroxylation sites is 2. The molecule has 0 spiro atoms. The van der Waals surface area contributed by atoms with Gasteiger partial charge in [0.2, 0.25) is 0 Å². The molecule has 0 bridgehead atoms. The second-order valence-corrected chi connectivity index (χ2v) is 8.57. The number of hydrogen-bond donors (Lipinski definition) is 0. The van der Waals surface area contributed by atoms with Crippen LogP contribution in [0.25, 0.3) is 27.8 Å². The van der Waals surface area contributed by atoms with Crippen LogP contribution in [0.5, 0.6) is 0 Å². The first-order chi connectivity index (χ1) is 15.5. The van der Waals surface area contributed by atoms with Crippen LogP contribution in [0.4, 0.5) is 0 Å². The van der Waals surface area contributed by atoms with E-state index in [-0.39, 0.29) is 11.5 Å². The third-order valence-electron chi connectivity index (χ3n) is 5.54. The summed E-state index contributed by atoms with van der Waals surface area (Å²) < 4.78 is 9.50. The highest BCUT2D eigenvalue weighted by atomic mass is 32.1. The Labute approximate surface area is 188 Å². The number of carbonyl (C=O) groups is 1. The maximum Gasteiger partial charge on any atom is 0.338 e. The number of aromatic nitrogens is 3. The molecule has 32 heavy (non-hydrogen) atoms. The first-order valence-electron chi connectivity index (χ1n) is 10.4. The topological polar surface area (TPSA) is 65.6 Å². The van der Waals surface area contributed by atoms with Crippen LogP contribution in [-0.4, -0.2) is 26.5 Å². The van der Waals surface area contributed by atoms with Gasteiger partial charge in [0, 0.05) is 17.1 Å². The molecule has 0 fully saturated rings. The highest BCUT2D eigenvalue weighted by Gasteiger charge is 2.14. The van der Waals surface area contributed by atoms with Crippen molar-refractivity contribution in [1.82, 2.24) is 14.0 Å². The Hall–Kier alpha value is -3.71. The summed E-state index contributed by atoms with van der Waals surface area (Å²) in [6.45, 7) is 6.19. The van der Waals surface area contributed by atoms with E-state index >= 15 is 0 Å². The molecule has 0 N–H and O–H groups in total. The average molecular weight is 444 g/mol. The van der Waals surface area contributed by atoms with Crippen molar-refractivity contribution in [2.24, 2.45) is 0 Å². The molecular weight excluding hydrogens is 422 g/mol. The summed E-state index contributed by atoms with van der Waals surface area (Å²) in [7, 11) is 0. The first kappa shape index (κ1) is 20.2. The third kappa shape index (κ3) is 3.22. The molecule has 5 aromatic rings. The maximum atomic E-state index is 13.1. The number of benzene rings is 2. The minimum Gasteiger partial charge on any atom is -0.462 e. The van der Waals surface area contributed by atoms with Gasteiger partial charge in [-0.3, -0.25) is 4.79 Å². The summed E-state index contributed by atoms with van der Waals surface area (Å²) in [6, 6.07) is 17.1. The second-order valence-electron chi connectivity index (χ2n) is 7.56. The minimum atomic E-state index is -0.327. The molecule has 2 aromatic carbocycles. The molecule has 0 aliphatic heterocycles. The van der Waals surface area contributed by atoms with Crippen molar-refractivity contribution in [2.45, 2.75) is 20.8 Å². The summed E-state index contributed by atoms with van der Waals surface area (Å²) >= 11 is 1.40. The van der Waals surface area contributed by atoms with E-state index in [0.29, 0.717) is 21.7 Å². The summed E-state index contributed by atoms with van der Waals surface area (Å²) in [5.41, 5.74) is 6.10. The quantitative estimate of drug-likeness (QED) is 0.393. The van der Waals surface area contributed by atoms with Gasteiger partial charge < -0.3 is 9.30 Å². The van der Waals surface area contributed by atoms with Gasteiger partial charge in [-0.15, -0.1) is 0 Å². The average Bonchev–Trinajstić information content (AvgIpc) is 3.39. The van der Waals surface area contributed by atoms with Crippen LogP contribution in [0.3, 0.4) is 0 Å². The number of esters is 1. The van der Waals surface area contributed by atoms with Gasteiger partial charge in [0.25, 0.3) is 5.56 Å². The zero-order valence-corrected chi connectivity index (χ0v) is 18.8. The van der Waals surface area contributed by atoms with E-state index in [1.165, 1.54) is 11.3 Å². The predicted octanol–water partition coefficient (Wildman–Crippen LogP) is 4.04. The lowest BCUT2D eigenvalue weighted by Gasteiger charge is -2.10. The number of hydrogen-bond acceptors (Lipinski definition) is 5. The van der Waals surface area contributed by atoms with Crippen molar-refractivity contribution in [2.75, 3.05) is 6.61 Å². The zero-order valence-electron chi connectivity index (χ0n) is 18.0. The molecule has 0 saturated carbocycles. The minimum absolute atomic E-state index is 0.0534. The SMILES string of the molecule is CCOC(=O)c1ccc(-n2c(C)cc(/C=c3\sc4nc5ccccc5n4c3=O)c2C)cc1. The summed E-state index contributed by atoms with van der Waals surface area (Å²) in [5.74, 6) is -0.327. The summed E-state index contributed by atoms with van der Waals surface area (Å²) in [5, 5.41) is 0. The van der Waals surface area contributed by atoms with Crippen LogP contribution < -0.4 is 10.1 Å². The molecule has 7 heteroatoms. The fourth-order valence-corrected chi connectivity index (χ4v) is 5.02. The number of ether oxygens (including phenoxy) is 1. The van der Waals surface area contributed by atoms with Gasteiger partial charge in [0.15, 0.2) is 4.96 Å². The van der Waals surface area contributed by atoms with Gasteiger partial charge in [-0.2, -0.15) is 0 Å². The fraction of sp³-hybridized carbons (Fsp3) is 0.160. The molecule has 160 valence electrons. The van der Waals surface area contributed by atoms with E-state index in [0.717, 1.165) is 33.7 Å². The smallest absolute Gasteiger partial charge is 0.338 e. The van der Waals surface area contributed by atoms with E-state index in [1.807, 2.05) is 56.3 Å². The summed E-state index contributed by atoms with van der Waals surface area (Å²) in [4.78, 5) is 30.3. The zero-order chi connectivity index (χ0) is 22.4. The van der Waals surface area contributed by atoms with Crippen LogP contribution in [0.2, 0.25) is 0 Å². The molecule has 3 aromatic heterocycles. The van der Waals surface area contributed by atoms with E-state index < -0.39 is 0 Å². The molecule has 3 heterocycles. The Morgan fingerprint density at radius 3 is 2.62 bits per heavy atom. The van der Waals surface area contributed by atoms with Crippen molar-refractivity contribution in [3.05, 3.63) is 92.0 Å². The molecule has 6 nitrogen and oxygen atoms in total. The van der Waals surface area contributed by atoms with Gasteiger partial charge in [0.1, 0.15) is 0 Å². The van der Waals surface area contributed by atoms with E-state index in [4.69, 9.17) is 4.74 Å². The lowest BCUT2D eigenvalue weighted by molar-refractivity contribution is 0.0526. The number of imidazole rings is 1. The Balaban J connectivity index is 1.57. The van der Waals surface area contributed by atoms with Crippen molar-refractivity contribution in [1.29, 1.82) is 0 Å². The van der Waals surface area contributed by atoms with Crippen LogP contribution >= 0.6 is 11.3 Å². The highest BCUT2D eigenvalue weighted by molar-refractivity contribution is 7.15. The second kappa shape index (κ2) is 7.76. The molecule has 5 rings (SSSR count). The van der Waals surface area contributed by atoms with Crippen LogP contribution in [0, 0.1) is 13.8 Å². The number of fused-ring (bicyclic) bond motifs is 3. The fourth-order valence-electron chi connectivity index (χ4n) is 4.05. The van der Waals surface area contributed by atoms with Crippen LogP contribution in [-0.2, 0) is 4.74 Å². The van der Waals surface area contributed by atoms with Crippen molar-refractivity contribution in [3.63, 3.8) is 0 Å². The number of rotatable bonds is 4. The highest BCUT2D eigenvalue weighted by Crippen LogP contribution is 2.22. The van der Waals surface area contributed by atoms with Crippen molar-refractivity contribution in [3.8, 4) is 5.69 Å². The van der Waals surface area contributed by atoms with Crippen LogP contribution in [0.15, 0.2) is 59.4 Å². The van der Waals surface area contributed by atoms with Crippen molar-refractivity contribution >= 4 is 39.4 Å². The predicted molar refractivity (Wildman–Crippen MR) is 127 cm³/mol. The maximum absolute atomic E-state index is 13.1. The normalized spacial score (nSPS) is 12.2. The van der Waals surface area contributed by atoms with Gasteiger partial charge in [0.05, 0.1) is 27.7 Å². The molecule has 0 atom stereocenters.